The molecule has 2 rings (SSSR count). The van der Waals surface area contributed by atoms with E-state index < -0.39 is 14.1 Å². The maximum atomic E-state index is 11.0. The second-order valence-corrected chi connectivity index (χ2v) is 4.86. The summed E-state index contributed by atoms with van der Waals surface area (Å²) in [5.74, 6) is 0.203. The molecule has 1 aliphatic heterocycles. The first-order valence-corrected chi connectivity index (χ1v) is 6.49. The summed E-state index contributed by atoms with van der Waals surface area (Å²) in [4.78, 5) is 23.7. The lowest BCUT2D eigenvalue weighted by atomic mass is 10.1. The third kappa shape index (κ3) is 2.85. The minimum Gasteiger partial charge on any atom is -0.364 e. The zero-order valence-electron chi connectivity index (χ0n) is 9.01. The van der Waals surface area contributed by atoms with Crippen molar-refractivity contribution in [1.29, 1.82) is 0 Å². The molecule has 8 nitrogen and oxygen atoms in total. The van der Waals surface area contributed by atoms with Gasteiger partial charge in [0.05, 0.1) is 0 Å². The van der Waals surface area contributed by atoms with Gasteiger partial charge in [0, 0.05) is 31.7 Å². The van der Waals surface area contributed by atoms with Gasteiger partial charge in [-0.05, 0) is 0 Å². The second kappa shape index (κ2) is 4.87. The van der Waals surface area contributed by atoms with E-state index in [1.54, 1.807) is 10.8 Å². The largest absolute Gasteiger partial charge is 0.364 e. The normalized spacial score (nSPS) is 20.4. The van der Waals surface area contributed by atoms with Gasteiger partial charge in [0.15, 0.2) is 0 Å². The van der Waals surface area contributed by atoms with Crippen LogP contribution in [0.1, 0.15) is 10.5 Å². The van der Waals surface area contributed by atoms with E-state index in [9.17, 15) is 9.36 Å². The highest BCUT2D eigenvalue weighted by atomic mass is 31.1. The number of hydrogen-bond donors (Lipinski definition) is 4. The number of primary amides is 1. The fourth-order valence-electron chi connectivity index (χ4n) is 1.76. The number of anilines is 1. The molecule has 17 heavy (non-hydrogen) atoms. The highest BCUT2D eigenvalue weighted by Crippen LogP contribution is 2.18. The summed E-state index contributed by atoms with van der Waals surface area (Å²) < 4.78 is 12.3. The SMILES string of the molecule is NC(=O)c1cn2c(n1)NCC(CN[PH](=O)O)C2. The molecule has 0 spiro atoms. The van der Waals surface area contributed by atoms with E-state index in [1.165, 1.54) is 0 Å². The third-order valence-electron chi connectivity index (χ3n) is 2.57. The first-order valence-electron chi connectivity index (χ1n) is 5.14. The van der Waals surface area contributed by atoms with Crippen molar-refractivity contribution in [2.75, 3.05) is 18.4 Å². The standard InChI is InChI=1S/C8H14N5O3P/c9-7(14)6-4-13-3-5(2-11-17(15)16)1-10-8(13)12-6/h4-5,17H,1-3H2,(H2,9,14)(H,10,12)(H2,11,15,16). The number of nitrogens with two attached hydrogens (primary N) is 1. The first kappa shape index (κ1) is 12.1. The number of nitrogens with zero attached hydrogens (tertiary/aromatic N) is 2. The summed E-state index contributed by atoms with van der Waals surface area (Å²) in [6.07, 6.45) is 1.58. The summed E-state index contributed by atoms with van der Waals surface area (Å²) in [6.45, 7) is 1.70. The van der Waals surface area contributed by atoms with Gasteiger partial charge in [0.2, 0.25) is 5.95 Å². The number of imidazole rings is 1. The van der Waals surface area contributed by atoms with Crippen molar-refractivity contribution in [3.05, 3.63) is 11.9 Å². The van der Waals surface area contributed by atoms with Gasteiger partial charge in [0.1, 0.15) is 5.69 Å². The number of carbonyl (C=O) groups is 1. The van der Waals surface area contributed by atoms with E-state index in [0.29, 0.717) is 25.6 Å². The topological polar surface area (TPSA) is 122 Å². The summed E-state index contributed by atoms with van der Waals surface area (Å²) in [5, 5.41) is 5.56. The molecule has 0 aliphatic carbocycles. The highest BCUT2D eigenvalue weighted by molar-refractivity contribution is 7.35. The molecule has 1 amide bonds. The summed E-state index contributed by atoms with van der Waals surface area (Å²) in [7, 11) is -2.65. The minimum absolute atomic E-state index is 0.165. The van der Waals surface area contributed by atoms with Crippen LogP contribution in [-0.2, 0) is 11.1 Å². The van der Waals surface area contributed by atoms with Crippen molar-refractivity contribution in [3.8, 4) is 0 Å². The molecule has 0 saturated heterocycles. The monoisotopic (exact) mass is 259 g/mol. The second-order valence-electron chi connectivity index (χ2n) is 3.90. The van der Waals surface area contributed by atoms with Gasteiger partial charge in [-0.25, -0.2) is 10.1 Å². The number of amides is 1. The van der Waals surface area contributed by atoms with Crippen molar-refractivity contribution in [2.45, 2.75) is 6.54 Å². The van der Waals surface area contributed by atoms with E-state index in [2.05, 4.69) is 15.4 Å². The maximum absolute atomic E-state index is 11.0. The molecule has 0 aromatic carbocycles. The van der Waals surface area contributed by atoms with Crippen LogP contribution < -0.4 is 16.1 Å². The van der Waals surface area contributed by atoms with Gasteiger partial charge in [-0.3, -0.25) is 9.36 Å². The Bertz CT molecular complexity index is 460. The van der Waals surface area contributed by atoms with Crippen LogP contribution in [0.25, 0.3) is 0 Å². The molecule has 0 bridgehead atoms. The van der Waals surface area contributed by atoms with E-state index >= 15 is 0 Å². The Morgan fingerprint density at radius 3 is 3.24 bits per heavy atom. The predicted molar refractivity (Wildman–Crippen MR) is 61.9 cm³/mol. The number of fused-ring (bicyclic) bond motifs is 1. The number of hydrogen-bond acceptors (Lipinski definition) is 4. The van der Waals surface area contributed by atoms with E-state index in [0.717, 1.165) is 0 Å². The van der Waals surface area contributed by atoms with Gasteiger partial charge < -0.3 is 20.5 Å². The Morgan fingerprint density at radius 2 is 2.59 bits per heavy atom. The van der Waals surface area contributed by atoms with Crippen LogP contribution in [0.3, 0.4) is 0 Å². The third-order valence-corrected chi connectivity index (χ3v) is 3.08. The smallest absolute Gasteiger partial charge is 0.268 e. The Labute approximate surface area is 98.1 Å². The van der Waals surface area contributed by atoms with Crippen molar-refractivity contribution >= 4 is 20.0 Å². The molecule has 1 aromatic rings. The van der Waals surface area contributed by atoms with Crippen LogP contribution in [0, 0.1) is 5.92 Å². The molecule has 2 unspecified atom stereocenters. The van der Waals surface area contributed by atoms with Gasteiger partial charge in [-0.15, -0.1) is 0 Å². The van der Waals surface area contributed by atoms with Crippen molar-refractivity contribution in [3.63, 3.8) is 0 Å². The van der Waals surface area contributed by atoms with E-state index in [4.69, 9.17) is 10.6 Å². The minimum atomic E-state index is -2.65. The fourth-order valence-corrected chi connectivity index (χ4v) is 2.22. The van der Waals surface area contributed by atoms with Crippen LogP contribution in [0.2, 0.25) is 0 Å². The molecule has 1 aliphatic rings. The summed E-state index contributed by atoms with van der Waals surface area (Å²) >= 11 is 0. The first-order chi connectivity index (χ1) is 8.06. The van der Waals surface area contributed by atoms with Gasteiger partial charge in [-0.2, -0.15) is 0 Å². The number of aromatic nitrogens is 2. The Kier molecular flexibility index (Phi) is 3.46. The Hall–Kier alpha value is -1.37. The van der Waals surface area contributed by atoms with E-state index in [1.807, 2.05) is 0 Å². The Morgan fingerprint density at radius 1 is 1.82 bits per heavy atom. The molecule has 94 valence electrons. The molecule has 1 aromatic heterocycles. The summed E-state index contributed by atoms with van der Waals surface area (Å²) in [5.41, 5.74) is 5.35. The molecular formula is C8H14N5O3P. The molecular weight excluding hydrogens is 245 g/mol. The number of rotatable bonds is 4. The zero-order chi connectivity index (χ0) is 12.4. The van der Waals surface area contributed by atoms with Crippen molar-refractivity contribution in [2.24, 2.45) is 11.7 Å². The van der Waals surface area contributed by atoms with Gasteiger partial charge in [0.25, 0.3) is 14.1 Å². The van der Waals surface area contributed by atoms with Gasteiger partial charge >= 0.3 is 0 Å². The lowest BCUT2D eigenvalue weighted by molar-refractivity contribution is 0.0996. The van der Waals surface area contributed by atoms with Crippen LogP contribution >= 0.6 is 8.18 Å². The van der Waals surface area contributed by atoms with Crippen LogP contribution in [0.4, 0.5) is 5.95 Å². The maximum Gasteiger partial charge on any atom is 0.268 e. The lowest BCUT2D eigenvalue weighted by Crippen LogP contribution is -2.33. The van der Waals surface area contributed by atoms with Crippen molar-refractivity contribution < 1.29 is 14.3 Å². The van der Waals surface area contributed by atoms with Crippen LogP contribution in [0.5, 0.6) is 0 Å². The molecule has 5 N–H and O–H groups in total. The van der Waals surface area contributed by atoms with Crippen LogP contribution in [-0.4, -0.2) is 33.4 Å². The Balaban J connectivity index is 2.03. The zero-order valence-corrected chi connectivity index (χ0v) is 10.0. The molecule has 9 heteroatoms. The molecule has 2 heterocycles. The van der Waals surface area contributed by atoms with Crippen molar-refractivity contribution in [1.82, 2.24) is 14.6 Å². The highest BCUT2D eigenvalue weighted by Gasteiger charge is 2.21. The number of nitrogens with one attached hydrogen (secondary N) is 2. The number of carbonyl (C=O) groups excluding carboxylic acids is 1. The average molecular weight is 259 g/mol. The summed E-state index contributed by atoms with van der Waals surface area (Å²) in [6, 6.07) is 0. The van der Waals surface area contributed by atoms with Crippen LogP contribution in [0.15, 0.2) is 6.20 Å². The molecule has 2 atom stereocenters. The molecule has 0 radical (unpaired) electrons. The lowest BCUT2D eigenvalue weighted by Gasteiger charge is -2.24. The fraction of sp³-hybridized carbons (Fsp3) is 0.500. The molecule has 0 saturated carbocycles. The van der Waals surface area contributed by atoms with Gasteiger partial charge in [-0.1, -0.05) is 0 Å². The quantitative estimate of drug-likeness (QED) is 0.514. The predicted octanol–water partition coefficient (Wildman–Crippen LogP) is -1.00. The average Bonchev–Trinajstić information content (AvgIpc) is 2.69. The van der Waals surface area contributed by atoms with E-state index in [-0.39, 0.29) is 11.6 Å². The molecule has 0 fully saturated rings.